The maximum Gasteiger partial charge on any atom is 0.133 e. The Balaban J connectivity index is 3.27. The van der Waals surface area contributed by atoms with Gasteiger partial charge in [-0.2, -0.15) is 0 Å². The maximum absolute atomic E-state index is 10.4. The van der Waals surface area contributed by atoms with Gasteiger partial charge in [-0.05, 0) is 29.6 Å². The lowest BCUT2D eigenvalue weighted by Gasteiger charge is -2.08. The summed E-state index contributed by atoms with van der Waals surface area (Å²) >= 11 is -2.35. The molecule has 3 nitrogen and oxygen atoms in total. The first-order chi connectivity index (χ1) is 5.13. The van der Waals surface area contributed by atoms with Crippen LogP contribution in [0.4, 0.5) is 0 Å². The third-order valence-electron chi connectivity index (χ3n) is 1.38. The molecule has 11 heavy (non-hydrogen) atoms. The molecule has 0 saturated carbocycles. The number of para-hydroxylation sites is 1. The van der Waals surface area contributed by atoms with Gasteiger partial charge in [0.05, 0.1) is 4.90 Å². The van der Waals surface area contributed by atoms with Crippen LogP contribution in [0.3, 0.4) is 0 Å². The van der Waals surface area contributed by atoms with Crippen molar-refractivity contribution in [2.45, 2.75) is 11.8 Å². The van der Waals surface area contributed by atoms with Gasteiger partial charge in [-0.1, -0.05) is 12.1 Å². The lowest BCUT2D eigenvalue weighted by molar-refractivity contribution is 0.451. The van der Waals surface area contributed by atoms with Gasteiger partial charge in [0.2, 0.25) is 0 Å². The van der Waals surface area contributed by atoms with E-state index in [1.165, 1.54) is 6.07 Å². The molecule has 0 spiro atoms. The molecule has 0 aromatic heterocycles. The maximum atomic E-state index is 10.4. The average Bonchev–Trinajstić information content (AvgIpc) is 1.94. The van der Waals surface area contributed by atoms with E-state index < -0.39 is 11.1 Å². The summed E-state index contributed by atoms with van der Waals surface area (Å²) in [5.74, 6) is -0.166. The normalized spacial score (nSPS) is 12.9. The molecule has 0 heterocycles. The minimum atomic E-state index is -2.35. The molecule has 1 N–H and O–H groups in total. The van der Waals surface area contributed by atoms with Gasteiger partial charge in [0.1, 0.15) is 5.75 Å². The molecule has 0 fully saturated rings. The van der Waals surface area contributed by atoms with Crippen LogP contribution in [0.1, 0.15) is 5.56 Å². The summed E-state index contributed by atoms with van der Waals surface area (Å²) in [5, 5.41) is 9.17. The molecular formula is C7H7O3S-. The van der Waals surface area contributed by atoms with Crippen molar-refractivity contribution in [2.24, 2.45) is 0 Å². The number of phenols is 1. The number of phenolic OH excluding ortho intramolecular Hbond substituents is 1. The van der Waals surface area contributed by atoms with Crippen molar-refractivity contribution in [1.29, 1.82) is 0 Å². The number of aryl methyl sites for hydroxylation is 1. The zero-order valence-electron chi connectivity index (χ0n) is 5.90. The first kappa shape index (κ1) is 8.23. The molecule has 0 saturated heterocycles. The quantitative estimate of drug-likeness (QED) is 0.639. The zero-order chi connectivity index (χ0) is 8.43. The molecular weight excluding hydrogens is 164 g/mol. The van der Waals surface area contributed by atoms with Gasteiger partial charge < -0.3 is 9.66 Å². The minimum absolute atomic E-state index is 0.0509. The van der Waals surface area contributed by atoms with E-state index in [9.17, 15) is 13.9 Å². The highest BCUT2D eigenvalue weighted by Gasteiger charge is 2.02. The lowest BCUT2D eigenvalue weighted by Crippen LogP contribution is -1.90. The van der Waals surface area contributed by atoms with Crippen molar-refractivity contribution in [3.8, 4) is 5.75 Å². The average molecular weight is 171 g/mol. The van der Waals surface area contributed by atoms with Crippen molar-refractivity contribution in [2.75, 3.05) is 0 Å². The fourth-order valence-electron chi connectivity index (χ4n) is 0.767. The second-order valence-corrected chi connectivity index (χ2v) is 3.07. The highest BCUT2D eigenvalue weighted by atomic mass is 32.2. The molecule has 0 aliphatic rings. The minimum Gasteiger partial charge on any atom is -0.768 e. The van der Waals surface area contributed by atoms with E-state index >= 15 is 0 Å². The van der Waals surface area contributed by atoms with E-state index in [1.807, 2.05) is 0 Å². The molecule has 1 atom stereocenters. The number of aromatic hydroxyl groups is 1. The van der Waals surface area contributed by atoms with Gasteiger partial charge in [-0.25, -0.2) is 0 Å². The van der Waals surface area contributed by atoms with Crippen LogP contribution in [0.2, 0.25) is 0 Å². The molecule has 0 bridgehead atoms. The first-order valence-electron chi connectivity index (χ1n) is 3.01. The van der Waals surface area contributed by atoms with Crippen LogP contribution >= 0.6 is 0 Å². The fourth-order valence-corrected chi connectivity index (χ4v) is 1.28. The highest BCUT2D eigenvalue weighted by Crippen LogP contribution is 2.23. The fraction of sp³-hybridized carbons (Fsp3) is 0.143. The predicted molar refractivity (Wildman–Crippen MR) is 40.0 cm³/mol. The van der Waals surface area contributed by atoms with Crippen LogP contribution in [-0.4, -0.2) is 13.9 Å². The third kappa shape index (κ3) is 1.58. The molecule has 0 amide bonds. The smallest absolute Gasteiger partial charge is 0.133 e. The summed E-state index contributed by atoms with van der Waals surface area (Å²) in [4.78, 5) is -0.0509. The Labute approximate surface area is 67.0 Å². The SMILES string of the molecule is Cc1cccc(S(=O)[O-])c1O. The molecule has 0 radical (unpaired) electrons. The van der Waals surface area contributed by atoms with Crippen molar-refractivity contribution in [3.05, 3.63) is 23.8 Å². The molecule has 1 unspecified atom stereocenters. The number of hydrogen-bond acceptors (Lipinski definition) is 3. The molecule has 0 aliphatic carbocycles. The van der Waals surface area contributed by atoms with Crippen LogP contribution < -0.4 is 0 Å². The van der Waals surface area contributed by atoms with Gasteiger partial charge >= 0.3 is 0 Å². The largest absolute Gasteiger partial charge is 0.768 e. The van der Waals surface area contributed by atoms with Crippen LogP contribution in [0.5, 0.6) is 5.75 Å². The predicted octanol–water partition coefficient (Wildman–Crippen LogP) is 0.939. The van der Waals surface area contributed by atoms with Crippen LogP contribution in [0.15, 0.2) is 23.1 Å². The van der Waals surface area contributed by atoms with E-state index in [2.05, 4.69) is 0 Å². The Kier molecular flexibility index (Phi) is 2.26. The van der Waals surface area contributed by atoms with E-state index in [4.69, 9.17) is 0 Å². The summed E-state index contributed by atoms with van der Waals surface area (Å²) in [7, 11) is 0. The summed E-state index contributed by atoms with van der Waals surface area (Å²) in [5.41, 5.74) is 0.562. The lowest BCUT2D eigenvalue weighted by atomic mass is 10.2. The second kappa shape index (κ2) is 3.02. The first-order valence-corrected chi connectivity index (χ1v) is 4.08. The topological polar surface area (TPSA) is 60.4 Å². The second-order valence-electron chi connectivity index (χ2n) is 2.16. The van der Waals surface area contributed by atoms with E-state index in [0.29, 0.717) is 5.56 Å². The van der Waals surface area contributed by atoms with E-state index in [0.717, 1.165) is 0 Å². The van der Waals surface area contributed by atoms with Gasteiger partial charge in [-0.15, -0.1) is 0 Å². The standard InChI is InChI=1S/C7H8O3S/c1-5-3-2-4-6(7(5)8)11(9)10/h2-4,8H,1H3,(H,9,10)/p-1. The van der Waals surface area contributed by atoms with Crippen molar-refractivity contribution in [1.82, 2.24) is 0 Å². The number of benzene rings is 1. The number of hydrogen-bond donors (Lipinski definition) is 1. The van der Waals surface area contributed by atoms with Gasteiger partial charge in [0, 0.05) is 0 Å². The van der Waals surface area contributed by atoms with Gasteiger partial charge in [0.25, 0.3) is 0 Å². The Bertz CT molecular complexity index is 296. The van der Waals surface area contributed by atoms with Crippen LogP contribution in [0, 0.1) is 6.92 Å². The third-order valence-corrected chi connectivity index (χ3v) is 2.07. The van der Waals surface area contributed by atoms with Gasteiger partial charge in [-0.3, -0.25) is 4.21 Å². The van der Waals surface area contributed by atoms with Crippen LogP contribution in [-0.2, 0) is 11.1 Å². The van der Waals surface area contributed by atoms with Crippen molar-refractivity contribution >= 4 is 11.1 Å². The Morgan fingerprint density at radius 2 is 2.18 bits per heavy atom. The molecule has 1 rings (SSSR count). The molecule has 4 heteroatoms. The summed E-state index contributed by atoms with van der Waals surface area (Å²) < 4.78 is 20.8. The molecule has 60 valence electrons. The monoisotopic (exact) mass is 171 g/mol. The summed E-state index contributed by atoms with van der Waals surface area (Å²) in [6.45, 7) is 1.64. The van der Waals surface area contributed by atoms with Crippen LogP contribution in [0.25, 0.3) is 0 Å². The van der Waals surface area contributed by atoms with E-state index in [-0.39, 0.29) is 10.6 Å². The summed E-state index contributed by atoms with van der Waals surface area (Å²) in [6, 6.07) is 4.58. The Hall–Kier alpha value is -0.870. The number of rotatable bonds is 1. The summed E-state index contributed by atoms with van der Waals surface area (Å²) in [6.07, 6.45) is 0. The Morgan fingerprint density at radius 3 is 2.64 bits per heavy atom. The molecule has 1 aromatic carbocycles. The van der Waals surface area contributed by atoms with Gasteiger partial charge in [0.15, 0.2) is 0 Å². The van der Waals surface area contributed by atoms with Crippen molar-refractivity contribution in [3.63, 3.8) is 0 Å². The Morgan fingerprint density at radius 1 is 1.55 bits per heavy atom. The molecule has 0 aliphatic heterocycles. The molecule has 1 aromatic rings. The van der Waals surface area contributed by atoms with Crippen molar-refractivity contribution < 1.29 is 13.9 Å². The zero-order valence-corrected chi connectivity index (χ0v) is 6.72. The highest BCUT2D eigenvalue weighted by molar-refractivity contribution is 7.79. The van der Waals surface area contributed by atoms with E-state index in [1.54, 1.807) is 19.1 Å².